The van der Waals surface area contributed by atoms with Crippen molar-refractivity contribution in [1.29, 1.82) is 0 Å². The van der Waals surface area contributed by atoms with Crippen LogP contribution in [0.15, 0.2) is 164 Å². The molecule has 7 aromatic carbocycles. The summed E-state index contributed by atoms with van der Waals surface area (Å²) in [5, 5.41) is 0. The Hall–Kier alpha value is -6.71. The maximum absolute atomic E-state index is 6.82. The average molecular weight is 777 g/mol. The number of pyridine rings is 1. The van der Waals surface area contributed by atoms with Gasteiger partial charge in [-0.15, -0.1) is 0 Å². The summed E-state index contributed by atoms with van der Waals surface area (Å²) in [5.41, 5.74) is 21.4. The first-order valence-corrected chi connectivity index (χ1v) is 21.7. The number of unbranched alkanes of at least 4 members (excludes halogenated alkanes) is 4. The predicted molar refractivity (Wildman–Crippen MR) is 248 cm³/mol. The van der Waals surface area contributed by atoms with Gasteiger partial charge in [0.1, 0.15) is 0 Å². The van der Waals surface area contributed by atoms with Gasteiger partial charge in [-0.1, -0.05) is 147 Å². The molecule has 292 valence electrons. The molecule has 1 aliphatic heterocycles. The number of hydrogen-bond donors (Lipinski definition) is 0. The lowest BCUT2D eigenvalue weighted by Gasteiger charge is -2.33. The van der Waals surface area contributed by atoms with Crippen molar-refractivity contribution in [1.82, 2.24) is 4.98 Å². The molecule has 0 radical (unpaired) electrons. The molecule has 0 fully saturated rings. The van der Waals surface area contributed by atoms with Crippen molar-refractivity contribution in [2.75, 3.05) is 4.90 Å². The van der Waals surface area contributed by atoms with E-state index in [0.717, 1.165) is 51.8 Å². The summed E-state index contributed by atoms with van der Waals surface area (Å²) in [4.78, 5) is 7.34. The highest BCUT2D eigenvalue weighted by molar-refractivity contribution is 5.96. The number of nitrogens with zero attached hydrogens (tertiary/aromatic N) is 2. The number of aryl methyl sites for hydroxylation is 3. The third-order valence-electron chi connectivity index (χ3n) is 13.2. The maximum atomic E-state index is 6.82. The van der Waals surface area contributed by atoms with Gasteiger partial charge in [-0.25, -0.2) is 0 Å². The van der Waals surface area contributed by atoms with E-state index in [-0.39, 0.29) is 0 Å². The second-order valence-electron chi connectivity index (χ2n) is 17.0. The van der Waals surface area contributed by atoms with E-state index in [1.54, 1.807) is 0 Å². The van der Waals surface area contributed by atoms with E-state index in [0.29, 0.717) is 0 Å². The first kappa shape index (κ1) is 36.4. The molecular weight excluding hydrogens is 729 g/mol. The smallest absolute Gasteiger partial charge is 0.152 e. The van der Waals surface area contributed by atoms with Crippen LogP contribution in [0, 0.1) is 13.8 Å². The largest absolute Gasteiger partial charge is 0.453 e. The fourth-order valence-electron chi connectivity index (χ4n) is 10.3. The lowest BCUT2D eigenvalue weighted by atomic mass is 9.70. The maximum Gasteiger partial charge on any atom is 0.152 e. The van der Waals surface area contributed by atoms with Gasteiger partial charge >= 0.3 is 0 Å². The number of hydrogen-bond acceptors (Lipinski definition) is 3. The van der Waals surface area contributed by atoms with E-state index in [9.17, 15) is 0 Å². The number of aromatic nitrogens is 1. The normalized spacial score (nSPS) is 15.2. The monoisotopic (exact) mass is 776 g/mol. The van der Waals surface area contributed by atoms with E-state index in [1.807, 2.05) is 6.20 Å². The lowest BCUT2D eigenvalue weighted by Crippen LogP contribution is -2.26. The number of ether oxygens (including phenoxy) is 1. The Kier molecular flexibility index (Phi) is 8.81. The fraction of sp³-hybridized carbons (Fsp3) is 0.175. The molecule has 0 N–H and O–H groups in total. The summed E-state index contributed by atoms with van der Waals surface area (Å²) in [7, 11) is 0. The van der Waals surface area contributed by atoms with Crippen molar-refractivity contribution < 1.29 is 4.74 Å². The average Bonchev–Trinajstić information content (AvgIpc) is 3.75. The van der Waals surface area contributed by atoms with Gasteiger partial charge in [0.05, 0.1) is 22.5 Å². The molecular formula is C57H48N2O. The molecule has 1 spiro atoms. The first-order chi connectivity index (χ1) is 29.5. The Morgan fingerprint density at radius 1 is 0.500 bits per heavy atom. The molecule has 3 nitrogen and oxygen atoms in total. The zero-order chi connectivity index (χ0) is 40.4. The summed E-state index contributed by atoms with van der Waals surface area (Å²) in [6, 6.07) is 58.6. The second-order valence-corrected chi connectivity index (χ2v) is 17.0. The topological polar surface area (TPSA) is 25.4 Å². The minimum Gasteiger partial charge on any atom is -0.453 e. The van der Waals surface area contributed by atoms with Gasteiger partial charge in [0.25, 0.3) is 0 Å². The van der Waals surface area contributed by atoms with Gasteiger partial charge in [0.15, 0.2) is 11.5 Å². The van der Waals surface area contributed by atoms with Crippen LogP contribution in [0.3, 0.4) is 0 Å². The van der Waals surface area contributed by atoms with E-state index < -0.39 is 5.41 Å². The number of fused-ring (bicyclic) bond motifs is 12. The predicted octanol–water partition coefficient (Wildman–Crippen LogP) is 15.5. The third kappa shape index (κ3) is 5.74. The first-order valence-electron chi connectivity index (χ1n) is 21.7. The van der Waals surface area contributed by atoms with E-state index in [4.69, 9.17) is 9.72 Å². The van der Waals surface area contributed by atoms with Crippen LogP contribution < -0.4 is 9.64 Å². The van der Waals surface area contributed by atoms with Crippen molar-refractivity contribution in [3.63, 3.8) is 0 Å². The summed E-state index contributed by atoms with van der Waals surface area (Å²) < 4.78 is 6.82. The molecule has 2 heterocycles. The van der Waals surface area contributed by atoms with Gasteiger partial charge in [0.2, 0.25) is 0 Å². The minimum atomic E-state index is -0.451. The van der Waals surface area contributed by atoms with Crippen molar-refractivity contribution >= 4 is 17.1 Å². The Labute approximate surface area is 354 Å². The minimum absolute atomic E-state index is 0.451. The summed E-state index contributed by atoms with van der Waals surface area (Å²) >= 11 is 0. The lowest BCUT2D eigenvalue weighted by molar-refractivity contribution is 0.477. The zero-order valence-corrected chi connectivity index (χ0v) is 34.6. The Balaban J connectivity index is 0.964. The number of benzene rings is 7. The molecule has 1 atom stereocenters. The molecule has 2 aliphatic carbocycles. The van der Waals surface area contributed by atoms with Gasteiger partial charge in [-0.05, 0) is 142 Å². The summed E-state index contributed by atoms with van der Waals surface area (Å²) in [6.45, 7) is 6.60. The highest BCUT2D eigenvalue weighted by Crippen LogP contribution is 2.63. The van der Waals surface area contributed by atoms with Crippen molar-refractivity contribution in [3.8, 4) is 56.1 Å². The molecule has 1 aromatic heterocycles. The van der Waals surface area contributed by atoms with E-state index in [2.05, 4.69) is 183 Å². The highest BCUT2D eigenvalue weighted by atomic mass is 16.5. The molecule has 0 bridgehead atoms. The van der Waals surface area contributed by atoms with Gasteiger partial charge < -0.3 is 9.64 Å². The standard InChI is InChI=1S/C57H48N2O/c1-4-5-6-7-8-12-39-18-20-40(21-19-39)41-22-26-44(27-23-41)59-52-30-17-38(3)34-54(52)60-55-36-43(25-31-53(55)59)42-24-29-46-45-28-16-37(2)33-50(45)57(51(46)35-42)48-14-10-9-13-47(48)56-49(57)15-11-32-58-56/h9-11,13-36H,4-8,12H2,1-3H3. The van der Waals surface area contributed by atoms with Crippen LogP contribution in [-0.4, -0.2) is 4.98 Å². The van der Waals surface area contributed by atoms with Crippen LogP contribution in [0.5, 0.6) is 11.5 Å². The Morgan fingerprint density at radius 2 is 1.12 bits per heavy atom. The quantitative estimate of drug-likeness (QED) is 0.137. The fourth-order valence-corrected chi connectivity index (χ4v) is 10.3. The van der Waals surface area contributed by atoms with Crippen LogP contribution in [0.25, 0.3) is 44.6 Å². The summed E-state index contributed by atoms with van der Waals surface area (Å²) in [5.74, 6) is 1.70. The highest BCUT2D eigenvalue weighted by Gasteiger charge is 2.52. The van der Waals surface area contributed by atoms with Gasteiger partial charge in [-0.2, -0.15) is 0 Å². The molecule has 3 heteroatoms. The molecule has 3 aliphatic rings. The molecule has 8 aromatic rings. The van der Waals surface area contributed by atoms with Crippen molar-refractivity contribution in [3.05, 3.63) is 203 Å². The van der Waals surface area contributed by atoms with Crippen molar-refractivity contribution in [2.45, 2.75) is 64.7 Å². The van der Waals surface area contributed by atoms with E-state index in [1.165, 1.54) is 98.9 Å². The SMILES string of the molecule is CCCCCCCc1ccc(-c2ccc(N3c4ccc(C)cc4Oc4cc(-c5ccc6c(c5)C5(c7cc(C)ccc7-6)c6ccccc6-c6ncccc65)ccc43)cc2)cc1. The van der Waals surface area contributed by atoms with E-state index >= 15 is 0 Å². The molecule has 0 amide bonds. The second kappa shape index (κ2) is 14.5. The number of rotatable bonds is 9. The number of anilines is 3. The van der Waals surface area contributed by atoms with Crippen LogP contribution in [0.1, 0.15) is 78.0 Å². The molecule has 11 rings (SSSR count). The molecule has 1 unspecified atom stereocenters. The molecule has 60 heavy (non-hydrogen) atoms. The van der Waals surface area contributed by atoms with Crippen LogP contribution in [0.4, 0.5) is 17.1 Å². The van der Waals surface area contributed by atoms with Gasteiger partial charge in [-0.3, -0.25) is 4.98 Å². The van der Waals surface area contributed by atoms with Crippen LogP contribution >= 0.6 is 0 Å². The summed E-state index contributed by atoms with van der Waals surface area (Å²) in [6.07, 6.45) is 9.64. The Bertz CT molecular complexity index is 2900. The Morgan fingerprint density at radius 3 is 1.93 bits per heavy atom. The van der Waals surface area contributed by atoms with Crippen molar-refractivity contribution in [2.24, 2.45) is 0 Å². The molecule has 0 saturated heterocycles. The van der Waals surface area contributed by atoms with Gasteiger partial charge in [0, 0.05) is 17.4 Å². The van der Waals surface area contributed by atoms with Crippen LogP contribution in [0.2, 0.25) is 0 Å². The third-order valence-corrected chi connectivity index (χ3v) is 13.2. The zero-order valence-electron chi connectivity index (χ0n) is 34.6. The van der Waals surface area contributed by atoms with Crippen LogP contribution in [-0.2, 0) is 11.8 Å². The molecule has 0 saturated carbocycles.